The van der Waals surface area contributed by atoms with E-state index < -0.39 is 5.97 Å². The Morgan fingerprint density at radius 1 is 0.957 bits per heavy atom. The van der Waals surface area contributed by atoms with Gasteiger partial charge in [0, 0.05) is 6.42 Å². The third-order valence-electron chi connectivity index (χ3n) is 3.64. The Hall–Kier alpha value is -1.82. The van der Waals surface area contributed by atoms with E-state index in [0.29, 0.717) is 5.56 Å². The van der Waals surface area contributed by atoms with Crippen LogP contribution < -0.4 is 0 Å². The van der Waals surface area contributed by atoms with E-state index in [2.05, 4.69) is 18.8 Å². The highest BCUT2D eigenvalue weighted by atomic mass is 19.1. The van der Waals surface area contributed by atoms with E-state index in [1.54, 1.807) is 0 Å². The van der Waals surface area contributed by atoms with Crippen LogP contribution in [0.3, 0.4) is 0 Å². The van der Waals surface area contributed by atoms with Gasteiger partial charge in [0.1, 0.15) is 5.82 Å². The number of carbonyl (C=O) groups is 1. The third kappa shape index (κ3) is 9.73. The SMILES string of the molecule is CCCCCCCCCCC#CCOC(=O)c1ccc(F)cc1. The van der Waals surface area contributed by atoms with Crippen LogP contribution in [0.1, 0.15) is 75.1 Å². The summed E-state index contributed by atoms with van der Waals surface area (Å²) in [5, 5.41) is 0. The summed E-state index contributed by atoms with van der Waals surface area (Å²) in [4.78, 5) is 11.6. The summed E-state index contributed by atoms with van der Waals surface area (Å²) < 4.78 is 17.7. The number of carbonyl (C=O) groups excluding carboxylic acids is 1. The molecule has 0 aliphatic rings. The zero-order valence-corrected chi connectivity index (χ0v) is 14.1. The van der Waals surface area contributed by atoms with E-state index >= 15 is 0 Å². The second-order valence-corrected chi connectivity index (χ2v) is 5.66. The van der Waals surface area contributed by atoms with Crippen molar-refractivity contribution >= 4 is 5.97 Å². The van der Waals surface area contributed by atoms with Gasteiger partial charge in [-0.2, -0.15) is 0 Å². The van der Waals surface area contributed by atoms with Crippen molar-refractivity contribution in [3.05, 3.63) is 35.6 Å². The lowest BCUT2D eigenvalue weighted by Gasteiger charge is -2.00. The molecule has 0 amide bonds. The Labute approximate surface area is 139 Å². The highest BCUT2D eigenvalue weighted by Crippen LogP contribution is 2.09. The molecule has 3 heteroatoms. The highest BCUT2D eigenvalue weighted by Gasteiger charge is 2.05. The predicted octanol–water partition coefficient (Wildman–Crippen LogP) is 5.52. The van der Waals surface area contributed by atoms with Crippen molar-refractivity contribution in [1.82, 2.24) is 0 Å². The van der Waals surface area contributed by atoms with Crippen LogP contribution in [0.15, 0.2) is 24.3 Å². The summed E-state index contributed by atoms with van der Waals surface area (Å²) in [5.74, 6) is 5.04. The molecule has 1 aromatic carbocycles. The van der Waals surface area contributed by atoms with Crippen LogP contribution in [-0.4, -0.2) is 12.6 Å². The van der Waals surface area contributed by atoms with Crippen molar-refractivity contribution in [2.45, 2.75) is 64.7 Å². The van der Waals surface area contributed by atoms with Gasteiger partial charge in [-0.1, -0.05) is 63.7 Å². The summed E-state index contributed by atoms with van der Waals surface area (Å²) in [6.45, 7) is 2.32. The quantitative estimate of drug-likeness (QED) is 0.323. The second-order valence-electron chi connectivity index (χ2n) is 5.66. The van der Waals surface area contributed by atoms with E-state index in [9.17, 15) is 9.18 Å². The number of ether oxygens (including phenoxy) is 1. The predicted molar refractivity (Wildman–Crippen MR) is 91.7 cm³/mol. The number of hydrogen-bond acceptors (Lipinski definition) is 2. The summed E-state index contributed by atoms with van der Waals surface area (Å²) in [6, 6.07) is 5.30. The zero-order chi connectivity index (χ0) is 16.8. The summed E-state index contributed by atoms with van der Waals surface area (Å²) in [6.07, 6.45) is 11.1. The molecule has 0 atom stereocenters. The Balaban J connectivity index is 2.01. The molecule has 126 valence electrons. The van der Waals surface area contributed by atoms with E-state index in [1.165, 1.54) is 69.2 Å². The molecule has 1 aromatic rings. The average molecular weight is 318 g/mol. The fourth-order valence-electron chi connectivity index (χ4n) is 2.26. The number of benzene rings is 1. The van der Waals surface area contributed by atoms with Gasteiger partial charge in [0.15, 0.2) is 6.61 Å². The minimum Gasteiger partial charge on any atom is -0.449 e. The molecule has 2 nitrogen and oxygen atoms in total. The first-order valence-electron chi connectivity index (χ1n) is 8.62. The lowest BCUT2D eigenvalue weighted by Crippen LogP contribution is -2.05. The fourth-order valence-corrected chi connectivity index (χ4v) is 2.26. The molecule has 0 aliphatic carbocycles. The topological polar surface area (TPSA) is 26.3 Å². The molecule has 0 radical (unpaired) electrons. The van der Waals surface area contributed by atoms with Gasteiger partial charge < -0.3 is 4.74 Å². The average Bonchev–Trinajstić information content (AvgIpc) is 2.56. The largest absolute Gasteiger partial charge is 0.449 e. The van der Waals surface area contributed by atoms with Gasteiger partial charge in [0.2, 0.25) is 0 Å². The highest BCUT2D eigenvalue weighted by molar-refractivity contribution is 5.89. The molecule has 0 saturated heterocycles. The second kappa shape index (κ2) is 12.7. The molecule has 0 N–H and O–H groups in total. The number of esters is 1. The third-order valence-corrected chi connectivity index (χ3v) is 3.64. The van der Waals surface area contributed by atoms with Gasteiger partial charge in [-0.05, 0) is 30.7 Å². The van der Waals surface area contributed by atoms with Crippen LogP contribution in [0, 0.1) is 17.7 Å². The Morgan fingerprint density at radius 3 is 2.22 bits per heavy atom. The Morgan fingerprint density at radius 2 is 1.57 bits per heavy atom. The smallest absolute Gasteiger partial charge is 0.339 e. The van der Waals surface area contributed by atoms with Gasteiger partial charge in [-0.15, -0.1) is 0 Å². The van der Waals surface area contributed by atoms with Crippen LogP contribution in [-0.2, 0) is 4.74 Å². The minimum absolute atomic E-state index is 0.0905. The van der Waals surface area contributed by atoms with Crippen LogP contribution in [0.25, 0.3) is 0 Å². The molecule has 1 rings (SSSR count). The van der Waals surface area contributed by atoms with Gasteiger partial charge in [-0.25, -0.2) is 9.18 Å². The number of rotatable bonds is 10. The van der Waals surface area contributed by atoms with E-state index in [1.807, 2.05) is 0 Å². The maximum atomic E-state index is 12.7. The standard InChI is InChI=1S/C20H27FO2/c1-2-3-4-5-6-7-8-9-10-11-12-17-23-20(22)18-13-15-19(21)16-14-18/h13-16H,2-10,17H2,1H3. The van der Waals surface area contributed by atoms with E-state index in [4.69, 9.17) is 4.74 Å². The molecule has 0 saturated carbocycles. The molecular weight excluding hydrogens is 291 g/mol. The number of unbranched alkanes of at least 4 members (excludes halogenated alkanes) is 8. The molecular formula is C20H27FO2. The lowest BCUT2D eigenvalue weighted by atomic mass is 10.1. The molecule has 0 unspecified atom stereocenters. The minimum atomic E-state index is -0.466. The zero-order valence-electron chi connectivity index (χ0n) is 14.1. The summed E-state index contributed by atoms with van der Waals surface area (Å²) in [5.41, 5.74) is 0.344. The normalized spacial score (nSPS) is 10.0. The van der Waals surface area contributed by atoms with Crippen molar-refractivity contribution in [2.75, 3.05) is 6.61 Å². The molecule has 0 aromatic heterocycles. The van der Waals surface area contributed by atoms with Crippen LogP contribution >= 0.6 is 0 Å². The van der Waals surface area contributed by atoms with Gasteiger partial charge in [0.25, 0.3) is 0 Å². The van der Waals surface area contributed by atoms with Gasteiger partial charge >= 0.3 is 5.97 Å². The van der Waals surface area contributed by atoms with Crippen molar-refractivity contribution in [2.24, 2.45) is 0 Å². The monoisotopic (exact) mass is 318 g/mol. The van der Waals surface area contributed by atoms with E-state index in [0.717, 1.165) is 12.8 Å². The van der Waals surface area contributed by atoms with Crippen molar-refractivity contribution in [1.29, 1.82) is 0 Å². The molecule has 0 spiro atoms. The van der Waals surface area contributed by atoms with Crippen molar-refractivity contribution < 1.29 is 13.9 Å². The fraction of sp³-hybridized carbons (Fsp3) is 0.550. The van der Waals surface area contributed by atoms with E-state index in [-0.39, 0.29) is 12.4 Å². The number of hydrogen-bond donors (Lipinski definition) is 0. The van der Waals surface area contributed by atoms with Gasteiger partial charge in [-0.3, -0.25) is 0 Å². The van der Waals surface area contributed by atoms with Gasteiger partial charge in [0.05, 0.1) is 5.56 Å². The summed E-state index contributed by atoms with van der Waals surface area (Å²) >= 11 is 0. The van der Waals surface area contributed by atoms with Crippen molar-refractivity contribution in [3.8, 4) is 11.8 Å². The lowest BCUT2D eigenvalue weighted by molar-refractivity contribution is 0.0556. The molecule has 0 fully saturated rings. The Kier molecular flexibility index (Phi) is 10.6. The van der Waals surface area contributed by atoms with Crippen LogP contribution in [0.5, 0.6) is 0 Å². The first-order chi connectivity index (χ1) is 11.2. The van der Waals surface area contributed by atoms with Crippen LogP contribution in [0.4, 0.5) is 4.39 Å². The van der Waals surface area contributed by atoms with Crippen molar-refractivity contribution in [3.63, 3.8) is 0 Å². The number of halogens is 1. The first kappa shape index (κ1) is 19.2. The molecule has 0 heterocycles. The molecule has 0 aliphatic heterocycles. The maximum Gasteiger partial charge on any atom is 0.339 e. The molecule has 0 bridgehead atoms. The Bertz CT molecular complexity index is 497. The molecule has 23 heavy (non-hydrogen) atoms. The summed E-state index contributed by atoms with van der Waals surface area (Å²) in [7, 11) is 0. The van der Waals surface area contributed by atoms with Crippen LogP contribution in [0.2, 0.25) is 0 Å². The first-order valence-corrected chi connectivity index (χ1v) is 8.62. The maximum absolute atomic E-state index is 12.7.